The lowest BCUT2D eigenvalue weighted by Gasteiger charge is -2.20. The van der Waals surface area contributed by atoms with E-state index in [9.17, 15) is 8.42 Å². The van der Waals surface area contributed by atoms with Crippen molar-refractivity contribution < 1.29 is 8.42 Å². The number of nitrogens with two attached hydrogens (primary N) is 1. The zero-order valence-electron chi connectivity index (χ0n) is 12.3. The largest absolute Gasteiger partial charge is 0.326 e. The molecule has 0 radical (unpaired) electrons. The minimum absolute atomic E-state index is 0.0956. The van der Waals surface area contributed by atoms with Gasteiger partial charge in [-0.25, -0.2) is 13.1 Å². The summed E-state index contributed by atoms with van der Waals surface area (Å²) in [5, 5.41) is 0.372. The van der Waals surface area contributed by atoms with Crippen molar-refractivity contribution in [1.82, 2.24) is 9.62 Å². The number of sulfonamides is 1. The predicted octanol–water partition coefficient (Wildman–Crippen LogP) is 1.34. The average molecular weight is 320 g/mol. The van der Waals surface area contributed by atoms with Crippen LogP contribution in [0.15, 0.2) is 17.0 Å². The molecular formula is C13H22ClN3O2S. The minimum atomic E-state index is -3.59. The second-order valence-electron chi connectivity index (χ2n) is 5.06. The number of rotatable bonds is 6. The normalized spacial score (nSPS) is 13.8. The van der Waals surface area contributed by atoms with Gasteiger partial charge in [0.2, 0.25) is 10.0 Å². The molecule has 0 spiro atoms. The molecule has 1 rings (SSSR count). The fraction of sp³-hybridized carbons (Fsp3) is 0.538. The Bertz CT molecular complexity index is 573. The first kappa shape index (κ1) is 17.4. The lowest BCUT2D eigenvalue weighted by molar-refractivity contribution is 0.314. The molecule has 0 saturated carbocycles. The van der Waals surface area contributed by atoms with Gasteiger partial charge < -0.3 is 10.6 Å². The first-order valence-electron chi connectivity index (χ1n) is 6.34. The highest BCUT2D eigenvalue weighted by molar-refractivity contribution is 7.89. The van der Waals surface area contributed by atoms with Crippen LogP contribution >= 0.6 is 11.6 Å². The molecule has 0 amide bonds. The maximum absolute atomic E-state index is 12.4. The summed E-state index contributed by atoms with van der Waals surface area (Å²) in [4.78, 5) is 2.13. The van der Waals surface area contributed by atoms with Gasteiger partial charge in [0, 0.05) is 24.2 Å². The lowest BCUT2D eigenvalue weighted by Crippen LogP contribution is -2.38. The van der Waals surface area contributed by atoms with Gasteiger partial charge in [0.05, 0.1) is 4.90 Å². The van der Waals surface area contributed by atoms with Crippen LogP contribution in [0.25, 0.3) is 0 Å². The Labute approximate surface area is 126 Å². The van der Waals surface area contributed by atoms with Crippen molar-refractivity contribution in [3.05, 3.63) is 28.3 Å². The van der Waals surface area contributed by atoms with Crippen LogP contribution in [0, 0.1) is 6.92 Å². The lowest BCUT2D eigenvalue weighted by atomic mass is 10.1. The highest BCUT2D eigenvalue weighted by atomic mass is 35.5. The summed E-state index contributed by atoms with van der Waals surface area (Å²) < 4.78 is 27.3. The molecule has 0 aliphatic carbocycles. The number of likely N-dealkylation sites (N-methyl/N-ethyl adjacent to an activating group) is 1. The van der Waals surface area contributed by atoms with Crippen LogP contribution in [0.1, 0.15) is 18.1 Å². The topological polar surface area (TPSA) is 75.4 Å². The Morgan fingerprint density at radius 3 is 2.50 bits per heavy atom. The van der Waals surface area contributed by atoms with Crippen LogP contribution < -0.4 is 10.5 Å². The molecule has 1 aromatic carbocycles. The van der Waals surface area contributed by atoms with Gasteiger partial charge in [-0.2, -0.15) is 0 Å². The highest BCUT2D eigenvalue weighted by Gasteiger charge is 2.20. The van der Waals surface area contributed by atoms with Crippen LogP contribution in [0.3, 0.4) is 0 Å². The summed E-state index contributed by atoms with van der Waals surface area (Å²) >= 11 is 5.96. The average Bonchev–Trinajstić information content (AvgIpc) is 2.37. The second kappa shape index (κ2) is 6.87. The van der Waals surface area contributed by atoms with E-state index in [0.717, 1.165) is 5.56 Å². The Morgan fingerprint density at radius 2 is 2.00 bits per heavy atom. The van der Waals surface area contributed by atoms with Gasteiger partial charge in [-0.15, -0.1) is 0 Å². The van der Waals surface area contributed by atoms with Crippen molar-refractivity contribution in [1.29, 1.82) is 0 Å². The van der Waals surface area contributed by atoms with E-state index in [0.29, 0.717) is 17.1 Å². The van der Waals surface area contributed by atoms with Crippen molar-refractivity contribution in [2.75, 3.05) is 20.6 Å². The van der Waals surface area contributed by atoms with Crippen LogP contribution in [-0.4, -0.2) is 40.0 Å². The Kier molecular flexibility index (Phi) is 5.97. The third kappa shape index (κ3) is 4.17. The molecule has 1 atom stereocenters. The summed E-state index contributed by atoms with van der Waals surface area (Å²) in [5.74, 6) is 0. The number of hydrogen-bond acceptors (Lipinski definition) is 4. The van der Waals surface area contributed by atoms with Gasteiger partial charge in [-0.05, 0) is 51.2 Å². The predicted molar refractivity (Wildman–Crippen MR) is 82.4 cm³/mol. The van der Waals surface area contributed by atoms with Crippen molar-refractivity contribution >= 4 is 21.6 Å². The van der Waals surface area contributed by atoms with Crippen molar-refractivity contribution in [2.24, 2.45) is 5.73 Å². The fourth-order valence-corrected chi connectivity index (χ4v) is 3.43. The number of halogens is 1. The third-order valence-corrected chi connectivity index (χ3v) is 5.16. The van der Waals surface area contributed by atoms with Gasteiger partial charge in [0.1, 0.15) is 0 Å². The summed E-state index contributed by atoms with van der Waals surface area (Å²) in [7, 11) is 0.207. The fourth-order valence-electron chi connectivity index (χ4n) is 1.69. The van der Waals surface area contributed by atoms with E-state index in [2.05, 4.69) is 4.72 Å². The maximum atomic E-state index is 12.4. The molecule has 0 bridgehead atoms. The van der Waals surface area contributed by atoms with Crippen LogP contribution in [0.4, 0.5) is 0 Å². The molecule has 0 aliphatic heterocycles. The van der Waals surface area contributed by atoms with Crippen LogP contribution in [0.5, 0.6) is 0 Å². The zero-order chi connectivity index (χ0) is 15.5. The molecule has 5 nitrogen and oxygen atoms in total. The van der Waals surface area contributed by atoms with Gasteiger partial charge in [0.15, 0.2) is 0 Å². The van der Waals surface area contributed by atoms with E-state index in [1.165, 1.54) is 6.07 Å². The second-order valence-corrected chi connectivity index (χ2v) is 7.23. The van der Waals surface area contributed by atoms with E-state index in [1.807, 2.05) is 25.9 Å². The third-order valence-electron chi connectivity index (χ3n) is 3.39. The van der Waals surface area contributed by atoms with Crippen LogP contribution in [0.2, 0.25) is 5.02 Å². The van der Waals surface area contributed by atoms with Gasteiger partial charge >= 0.3 is 0 Å². The highest BCUT2D eigenvalue weighted by Crippen LogP contribution is 2.24. The summed E-state index contributed by atoms with van der Waals surface area (Å²) in [6, 6.07) is 3.25. The van der Waals surface area contributed by atoms with Crippen molar-refractivity contribution in [3.8, 4) is 0 Å². The van der Waals surface area contributed by atoms with E-state index in [4.69, 9.17) is 17.3 Å². The molecule has 0 saturated heterocycles. The summed E-state index contributed by atoms with van der Waals surface area (Å²) in [6.07, 6.45) is 0. The Hall–Kier alpha value is -0.660. The molecule has 3 N–H and O–H groups in total. The van der Waals surface area contributed by atoms with Gasteiger partial charge in [-0.1, -0.05) is 11.6 Å². The number of nitrogens with zero attached hydrogens (tertiary/aromatic N) is 1. The van der Waals surface area contributed by atoms with Gasteiger partial charge in [-0.3, -0.25) is 0 Å². The molecular weight excluding hydrogens is 298 g/mol. The molecule has 0 aromatic heterocycles. The molecule has 1 unspecified atom stereocenters. The monoisotopic (exact) mass is 319 g/mol. The van der Waals surface area contributed by atoms with E-state index in [1.54, 1.807) is 13.0 Å². The molecule has 0 aliphatic rings. The van der Waals surface area contributed by atoms with E-state index in [-0.39, 0.29) is 17.5 Å². The number of hydrogen-bond donors (Lipinski definition) is 2. The molecule has 114 valence electrons. The van der Waals surface area contributed by atoms with Gasteiger partial charge in [0.25, 0.3) is 0 Å². The first-order chi connectivity index (χ1) is 9.19. The minimum Gasteiger partial charge on any atom is -0.326 e. The first-order valence-corrected chi connectivity index (χ1v) is 8.20. The Morgan fingerprint density at radius 1 is 1.40 bits per heavy atom. The summed E-state index contributed by atoms with van der Waals surface area (Å²) in [5.41, 5.74) is 6.99. The Balaban J connectivity index is 3.07. The molecule has 20 heavy (non-hydrogen) atoms. The summed E-state index contributed by atoms with van der Waals surface area (Å²) in [6.45, 7) is 4.27. The smallest absolute Gasteiger partial charge is 0.240 e. The maximum Gasteiger partial charge on any atom is 0.240 e. The molecule has 0 fully saturated rings. The van der Waals surface area contributed by atoms with E-state index >= 15 is 0 Å². The zero-order valence-corrected chi connectivity index (χ0v) is 13.8. The standard InChI is InChI=1S/C13H22ClN3O2S/c1-9(17(3)4)8-16-20(18,19)13-6-12(14)5-11(7-15)10(13)2/h5-6,9,16H,7-8,15H2,1-4H3. The van der Waals surface area contributed by atoms with E-state index < -0.39 is 10.0 Å². The quantitative estimate of drug-likeness (QED) is 0.829. The molecule has 7 heteroatoms. The van der Waals surface area contributed by atoms with Crippen molar-refractivity contribution in [2.45, 2.75) is 31.3 Å². The number of benzene rings is 1. The SMILES string of the molecule is Cc1c(CN)cc(Cl)cc1S(=O)(=O)NCC(C)N(C)C. The molecule has 1 aromatic rings. The van der Waals surface area contributed by atoms with Crippen molar-refractivity contribution in [3.63, 3.8) is 0 Å². The van der Waals surface area contributed by atoms with Crippen LogP contribution in [-0.2, 0) is 16.6 Å². The molecule has 0 heterocycles. The number of nitrogens with one attached hydrogen (secondary N) is 1.